The molecule has 0 fully saturated rings. The van der Waals surface area contributed by atoms with Crippen molar-refractivity contribution in [3.8, 4) is 5.88 Å². The minimum absolute atomic E-state index is 0.160. The maximum Gasteiger partial charge on any atom is 0.232 e. The van der Waals surface area contributed by atoms with Gasteiger partial charge in [-0.15, -0.1) is 0 Å². The number of nitrogens with one attached hydrogen (secondary N) is 1. The number of nitrogens with zero attached hydrogens (tertiary/aromatic N) is 1. The summed E-state index contributed by atoms with van der Waals surface area (Å²) in [4.78, 5) is 4.26. The Bertz CT molecular complexity index is 431. The van der Waals surface area contributed by atoms with Crippen LogP contribution in [0.3, 0.4) is 0 Å². The third-order valence-electron chi connectivity index (χ3n) is 2.60. The molecule has 0 saturated heterocycles. The van der Waals surface area contributed by atoms with Crippen molar-refractivity contribution in [3.63, 3.8) is 0 Å². The SMILES string of the molecule is CC(C)CNCc1cnc(OCCOC(C)(C)C)c(Cl)c1. The molecule has 0 amide bonds. The number of aromatic nitrogens is 1. The van der Waals surface area contributed by atoms with Crippen molar-refractivity contribution < 1.29 is 9.47 Å². The Balaban J connectivity index is 2.39. The average Bonchev–Trinajstić information content (AvgIpc) is 2.35. The molecule has 5 heteroatoms. The van der Waals surface area contributed by atoms with E-state index in [2.05, 4.69) is 24.1 Å². The third kappa shape index (κ3) is 8.24. The van der Waals surface area contributed by atoms with Gasteiger partial charge in [-0.05, 0) is 44.9 Å². The first-order chi connectivity index (χ1) is 9.78. The summed E-state index contributed by atoms with van der Waals surface area (Å²) >= 11 is 6.18. The van der Waals surface area contributed by atoms with E-state index in [1.165, 1.54) is 0 Å². The number of halogens is 1. The van der Waals surface area contributed by atoms with Crippen LogP contribution in [0.25, 0.3) is 0 Å². The van der Waals surface area contributed by atoms with Crippen LogP contribution in [0.1, 0.15) is 40.2 Å². The number of hydrogen-bond acceptors (Lipinski definition) is 4. The predicted molar refractivity (Wildman–Crippen MR) is 87.0 cm³/mol. The molecule has 0 aliphatic heterocycles. The molecule has 1 N–H and O–H groups in total. The summed E-state index contributed by atoms with van der Waals surface area (Å²) in [7, 11) is 0. The van der Waals surface area contributed by atoms with Crippen LogP contribution in [-0.4, -0.2) is 30.3 Å². The first-order valence-electron chi connectivity index (χ1n) is 7.40. The van der Waals surface area contributed by atoms with Gasteiger partial charge in [-0.1, -0.05) is 25.4 Å². The molecule has 4 nitrogen and oxygen atoms in total. The van der Waals surface area contributed by atoms with E-state index in [1.54, 1.807) is 6.20 Å². The van der Waals surface area contributed by atoms with Gasteiger partial charge in [0.05, 0.1) is 12.2 Å². The molecule has 21 heavy (non-hydrogen) atoms. The summed E-state index contributed by atoms with van der Waals surface area (Å²) in [6.07, 6.45) is 1.79. The standard InChI is InChI=1S/C16H27ClN2O2/c1-12(2)9-18-10-13-8-14(17)15(19-11-13)20-6-7-21-16(3,4)5/h8,11-12,18H,6-7,9-10H2,1-5H3. The van der Waals surface area contributed by atoms with E-state index in [0.29, 0.717) is 30.0 Å². The lowest BCUT2D eigenvalue weighted by Gasteiger charge is -2.19. The van der Waals surface area contributed by atoms with Gasteiger partial charge in [0.2, 0.25) is 5.88 Å². The Labute approximate surface area is 133 Å². The van der Waals surface area contributed by atoms with Crippen molar-refractivity contribution in [2.24, 2.45) is 5.92 Å². The second-order valence-corrected chi connectivity index (χ2v) is 6.87. The van der Waals surface area contributed by atoms with Gasteiger partial charge < -0.3 is 14.8 Å². The molecule has 0 aromatic carbocycles. The maximum absolute atomic E-state index is 6.18. The van der Waals surface area contributed by atoms with Gasteiger partial charge in [0.1, 0.15) is 11.6 Å². The summed E-state index contributed by atoms with van der Waals surface area (Å²) in [5.74, 6) is 1.08. The van der Waals surface area contributed by atoms with Crippen LogP contribution in [0, 0.1) is 5.92 Å². The van der Waals surface area contributed by atoms with Crippen LogP contribution in [-0.2, 0) is 11.3 Å². The van der Waals surface area contributed by atoms with Crippen LogP contribution in [0.5, 0.6) is 5.88 Å². The summed E-state index contributed by atoms with van der Waals surface area (Å²) < 4.78 is 11.1. The lowest BCUT2D eigenvalue weighted by Crippen LogP contribution is -2.22. The van der Waals surface area contributed by atoms with Crippen LogP contribution in [0.2, 0.25) is 5.02 Å². The normalized spacial score (nSPS) is 12.0. The fraction of sp³-hybridized carbons (Fsp3) is 0.688. The molecular formula is C16H27ClN2O2. The van der Waals surface area contributed by atoms with E-state index < -0.39 is 0 Å². The Morgan fingerprint density at radius 2 is 2.00 bits per heavy atom. The van der Waals surface area contributed by atoms with Gasteiger partial charge in [0, 0.05) is 12.7 Å². The largest absolute Gasteiger partial charge is 0.474 e. The van der Waals surface area contributed by atoms with Crippen LogP contribution in [0.4, 0.5) is 0 Å². The van der Waals surface area contributed by atoms with E-state index in [1.807, 2.05) is 26.8 Å². The van der Waals surface area contributed by atoms with E-state index >= 15 is 0 Å². The molecule has 0 atom stereocenters. The minimum atomic E-state index is -0.160. The summed E-state index contributed by atoms with van der Waals surface area (Å²) in [5.41, 5.74) is 0.894. The van der Waals surface area contributed by atoms with Crippen molar-refractivity contribution in [3.05, 3.63) is 22.8 Å². The highest BCUT2D eigenvalue weighted by atomic mass is 35.5. The number of ether oxygens (including phenoxy) is 2. The zero-order valence-electron chi connectivity index (χ0n) is 13.7. The molecule has 1 heterocycles. The molecule has 0 bridgehead atoms. The van der Waals surface area contributed by atoms with E-state index in [4.69, 9.17) is 21.1 Å². The highest BCUT2D eigenvalue weighted by molar-refractivity contribution is 6.31. The predicted octanol–water partition coefficient (Wildman–Crippen LogP) is 3.67. The summed E-state index contributed by atoms with van der Waals surface area (Å²) in [6, 6.07) is 1.89. The monoisotopic (exact) mass is 314 g/mol. The van der Waals surface area contributed by atoms with Crippen molar-refractivity contribution in [2.45, 2.75) is 46.8 Å². The van der Waals surface area contributed by atoms with E-state index in [0.717, 1.165) is 18.7 Å². The topological polar surface area (TPSA) is 43.4 Å². The molecule has 1 rings (SSSR count). The Hall–Kier alpha value is -0.840. The molecule has 120 valence electrons. The average molecular weight is 315 g/mol. The Morgan fingerprint density at radius 3 is 2.57 bits per heavy atom. The molecule has 0 spiro atoms. The van der Waals surface area contributed by atoms with Gasteiger partial charge in [-0.2, -0.15) is 0 Å². The van der Waals surface area contributed by atoms with Crippen LogP contribution < -0.4 is 10.1 Å². The fourth-order valence-electron chi connectivity index (χ4n) is 1.66. The molecule has 0 saturated carbocycles. The van der Waals surface area contributed by atoms with Gasteiger partial charge in [0.25, 0.3) is 0 Å². The second-order valence-electron chi connectivity index (χ2n) is 6.46. The molecule has 0 aliphatic carbocycles. The van der Waals surface area contributed by atoms with Crippen LogP contribution in [0.15, 0.2) is 12.3 Å². The van der Waals surface area contributed by atoms with E-state index in [-0.39, 0.29) is 5.60 Å². The smallest absolute Gasteiger partial charge is 0.232 e. The van der Waals surface area contributed by atoms with Gasteiger partial charge in [-0.3, -0.25) is 0 Å². The maximum atomic E-state index is 6.18. The van der Waals surface area contributed by atoms with Crippen molar-refractivity contribution in [2.75, 3.05) is 19.8 Å². The molecule has 0 radical (unpaired) electrons. The van der Waals surface area contributed by atoms with Crippen molar-refractivity contribution >= 4 is 11.6 Å². The zero-order chi connectivity index (χ0) is 15.9. The molecule has 0 aliphatic rings. The summed E-state index contributed by atoms with van der Waals surface area (Å²) in [5, 5.41) is 3.89. The van der Waals surface area contributed by atoms with Gasteiger partial charge >= 0.3 is 0 Å². The first kappa shape index (κ1) is 18.2. The highest BCUT2D eigenvalue weighted by Gasteiger charge is 2.10. The third-order valence-corrected chi connectivity index (χ3v) is 2.87. The Kier molecular flexibility index (Phi) is 7.43. The highest BCUT2D eigenvalue weighted by Crippen LogP contribution is 2.22. The molecule has 1 aromatic heterocycles. The summed E-state index contributed by atoms with van der Waals surface area (Å²) in [6.45, 7) is 13.1. The minimum Gasteiger partial charge on any atom is -0.474 e. The van der Waals surface area contributed by atoms with Crippen LogP contribution >= 0.6 is 11.6 Å². The molecular weight excluding hydrogens is 288 g/mol. The fourth-order valence-corrected chi connectivity index (χ4v) is 1.90. The van der Waals surface area contributed by atoms with Gasteiger partial charge in [0.15, 0.2) is 0 Å². The number of hydrogen-bond donors (Lipinski definition) is 1. The number of pyridine rings is 1. The quantitative estimate of drug-likeness (QED) is 0.743. The van der Waals surface area contributed by atoms with Gasteiger partial charge in [-0.25, -0.2) is 4.98 Å². The molecule has 0 unspecified atom stereocenters. The molecule has 1 aromatic rings. The second kappa shape index (κ2) is 8.57. The zero-order valence-corrected chi connectivity index (χ0v) is 14.5. The Morgan fingerprint density at radius 1 is 1.29 bits per heavy atom. The van der Waals surface area contributed by atoms with Crippen molar-refractivity contribution in [1.82, 2.24) is 10.3 Å². The van der Waals surface area contributed by atoms with Crippen molar-refractivity contribution in [1.29, 1.82) is 0 Å². The lowest BCUT2D eigenvalue weighted by atomic mass is 10.2. The lowest BCUT2D eigenvalue weighted by molar-refractivity contribution is -0.0167. The number of rotatable bonds is 8. The van der Waals surface area contributed by atoms with E-state index in [9.17, 15) is 0 Å². The first-order valence-corrected chi connectivity index (χ1v) is 7.77.